The van der Waals surface area contributed by atoms with Gasteiger partial charge in [-0.2, -0.15) is 0 Å². The van der Waals surface area contributed by atoms with Gasteiger partial charge in [-0.1, -0.05) is 88.8 Å². The second-order valence-corrected chi connectivity index (χ2v) is 9.65. The van der Waals surface area contributed by atoms with Gasteiger partial charge in [-0.25, -0.2) is 14.8 Å². The summed E-state index contributed by atoms with van der Waals surface area (Å²) in [5.74, 6) is 1.03. The molecular formula is C32H42N2O4. The molecule has 0 fully saturated rings. The van der Waals surface area contributed by atoms with Crippen molar-refractivity contribution >= 4 is 5.97 Å². The van der Waals surface area contributed by atoms with E-state index < -0.39 is 0 Å². The molecule has 0 N–H and O–H groups in total. The fourth-order valence-electron chi connectivity index (χ4n) is 3.98. The predicted molar refractivity (Wildman–Crippen MR) is 152 cm³/mol. The molecule has 2 aromatic carbocycles. The van der Waals surface area contributed by atoms with E-state index >= 15 is 0 Å². The maximum atomic E-state index is 12.4. The van der Waals surface area contributed by atoms with E-state index in [1.54, 1.807) is 24.5 Å². The molecule has 1 unspecified atom stereocenters. The Morgan fingerprint density at radius 1 is 0.737 bits per heavy atom. The maximum absolute atomic E-state index is 12.4. The maximum Gasteiger partial charge on any atom is 0.338 e. The van der Waals surface area contributed by atoms with Crippen LogP contribution in [0.4, 0.5) is 0 Å². The molecule has 3 rings (SSSR count). The number of aromatic nitrogens is 2. The molecule has 1 heterocycles. The van der Waals surface area contributed by atoms with Gasteiger partial charge < -0.3 is 14.2 Å². The molecule has 3 aromatic rings. The standard InChI is InChI=1S/C32H42N2O4/c1-4-6-8-9-10-11-21-37-30-22-33-31(34-23-30)28-16-12-26(13-17-28)27-14-18-29(19-15-27)32(35)38-24-25(3)36-20-7-5-2/h12-19,22-23,25H,4-11,20-21,24H2,1-3H3. The summed E-state index contributed by atoms with van der Waals surface area (Å²) in [6.07, 6.45) is 12.9. The lowest BCUT2D eigenvalue weighted by Gasteiger charge is -2.13. The minimum atomic E-state index is -0.339. The minimum absolute atomic E-state index is 0.110. The summed E-state index contributed by atoms with van der Waals surface area (Å²) in [7, 11) is 0. The first-order chi connectivity index (χ1) is 18.6. The summed E-state index contributed by atoms with van der Waals surface area (Å²) < 4.78 is 16.8. The van der Waals surface area contributed by atoms with Crippen LogP contribution < -0.4 is 4.74 Å². The predicted octanol–water partition coefficient (Wildman–Crippen LogP) is 7.91. The van der Waals surface area contributed by atoms with Crippen LogP contribution >= 0.6 is 0 Å². The van der Waals surface area contributed by atoms with Crippen LogP contribution in [0.25, 0.3) is 22.5 Å². The molecular weight excluding hydrogens is 476 g/mol. The molecule has 38 heavy (non-hydrogen) atoms. The first-order valence-corrected chi connectivity index (χ1v) is 14.0. The summed E-state index contributed by atoms with van der Waals surface area (Å²) in [6, 6.07) is 15.5. The smallest absolute Gasteiger partial charge is 0.338 e. The van der Waals surface area contributed by atoms with Crippen LogP contribution in [0.3, 0.4) is 0 Å². The Kier molecular flexibility index (Phi) is 12.8. The number of hydrogen-bond acceptors (Lipinski definition) is 6. The van der Waals surface area contributed by atoms with Crippen molar-refractivity contribution in [3.05, 3.63) is 66.5 Å². The van der Waals surface area contributed by atoms with E-state index in [1.165, 1.54) is 32.1 Å². The van der Waals surface area contributed by atoms with Gasteiger partial charge in [0.25, 0.3) is 0 Å². The van der Waals surface area contributed by atoms with E-state index in [4.69, 9.17) is 14.2 Å². The van der Waals surface area contributed by atoms with E-state index in [-0.39, 0.29) is 18.7 Å². The van der Waals surface area contributed by atoms with Crippen molar-refractivity contribution in [1.82, 2.24) is 9.97 Å². The number of esters is 1. The van der Waals surface area contributed by atoms with Crippen molar-refractivity contribution in [3.8, 4) is 28.3 Å². The van der Waals surface area contributed by atoms with Gasteiger partial charge in [0.05, 0.1) is 30.7 Å². The molecule has 0 aliphatic rings. The highest BCUT2D eigenvalue weighted by atomic mass is 16.6. The molecule has 0 bridgehead atoms. The van der Waals surface area contributed by atoms with Crippen LogP contribution in [0.2, 0.25) is 0 Å². The van der Waals surface area contributed by atoms with Gasteiger partial charge in [0.15, 0.2) is 11.6 Å². The average Bonchev–Trinajstić information content (AvgIpc) is 2.96. The van der Waals surface area contributed by atoms with Crippen LogP contribution in [-0.4, -0.2) is 41.9 Å². The second kappa shape index (κ2) is 16.6. The summed E-state index contributed by atoms with van der Waals surface area (Å²) in [4.78, 5) is 21.3. The number of benzene rings is 2. The summed E-state index contributed by atoms with van der Waals surface area (Å²) >= 11 is 0. The zero-order valence-corrected chi connectivity index (χ0v) is 23.2. The summed E-state index contributed by atoms with van der Waals surface area (Å²) in [5, 5.41) is 0. The van der Waals surface area contributed by atoms with Crippen molar-refractivity contribution in [1.29, 1.82) is 0 Å². The Morgan fingerprint density at radius 2 is 1.32 bits per heavy atom. The fraction of sp³-hybridized carbons (Fsp3) is 0.469. The van der Waals surface area contributed by atoms with Gasteiger partial charge in [0.2, 0.25) is 0 Å². The Labute approximate surface area is 227 Å². The van der Waals surface area contributed by atoms with Crippen molar-refractivity contribution < 1.29 is 19.0 Å². The minimum Gasteiger partial charge on any atom is -0.490 e. The number of carbonyl (C=O) groups excluding carboxylic acids is 1. The number of unbranched alkanes of at least 4 members (excludes halogenated alkanes) is 6. The van der Waals surface area contributed by atoms with Crippen LogP contribution in [0.15, 0.2) is 60.9 Å². The Hall–Kier alpha value is -3.25. The van der Waals surface area contributed by atoms with E-state index in [0.29, 0.717) is 30.4 Å². The highest BCUT2D eigenvalue weighted by Crippen LogP contribution is 2.24. The highest BCUT2D eigenvalue weighted by molar-refractivity contribution is 5.90. The highest BCUT2D eigenvalue weighted by Gasteiger charge is 2.11. The molecule has 0 radical (unpaired) electrons. The zero-order chi connectivity index (χ0) is 27.0. The Balaban J connectivity index is 1.47. The lowest BCUT2D eigenvalue weighted by atomic mass is 10.0. The number of hydrogen-bond donors (Lipinski definition) is 0. The van der Waals surface area contributed by atoms with E-state index in [0.717, 1.165) is 36.0 Å². The van der Waals surface area contributed by atoms with Gasteiger partial charge in [-0.05, 0) is 43.0 Å². The third-order valence-electron chi connectivity index (χ3n) is 6.34. The molecule has 1 aromatic heterocycles. The summed E-state index contributed by atoms with van der Waals surface area (Å²) in [6.45, 7) is 7.91. The molecule has 0 aliphatic heterocycles. The quantitative estimate of drug-likeness (QED) is 0.134. The molecule has 6 nitrogen and oxygen atoms in total. The van der Waals surface area contributed by atoms with Crippen LogP contribution in [0.1, 0.15) is 82.5 Å². The Morgan fingerprint density at radius 3 is 1.97 bits per heavy atom. The largest absolute Gasteiger partial charge is 0.490 e. The monoisotopic (exact) mass is 518 g/mol. The number of carbonyl (C=O) groups is 1. The molecule has 1 atom stereocenters. The van der Waals surface area contributed by atoms with Crippen molar-refractivity contribution in [3.63, 3.8) is 0 Å². The fourth-order valence-corrected chi connectivity index (χ4v) is 3.98. The summed E-state index contributed by atoms with van der Waals surface area (Å²) in [5.41, 5.74) is 3.53. The van der Waals surface area contributed by atoms with E-state index in [1.807, 2.05) is 43.3 Å². The molecule has 0 saturated carbocycles. The van der Waals surface area contributed by atoms with Crippen LogP contribution in [0.5, 0.6) is 5.75 Å². The Bertz CT molecular complexity index is 1070. The lowest BCUT2D eigenvalue weighted by molar-refractivity contribution is -0.00109. The number of nitrogens with zero attached hydrogens (tertiary/aromatic N) is 2. The molecule has 204 valence electrons. The topological polar surface area (TPSA) is 70.5 Å². The van der Waals surface area contributed by atoms with Crippen molar-refractivity contribution in [2.24, 2.45) is 0 Å². The molecule has 0 saturated heterocycles. The number of ether oxygens (including phenoxy) is 3. The van der Waals surface area contributed by atoms with Crippen molar-refractivity contribution in [2.75, 3.05) is 19.8 Å². The first-order valence-electron chi connectivity index (χ1n) is 14.0. The number of rotatable bonds is 17. The van der Waals surface area contributed by atoms with E-state index in [9.17, 15) is 4.79 Å². The van der Waals surface area contributed by atoms with Gasteiger partial charge in [-0.3, -0.25) is 0 Å². The third kappa shape index (κ3) is 9.90. The first kappa shape index (κ1) is 29.3. The van der Waals surface area contributed by atoms with Gasteiger partial charge in [0, 0.05) is 12.2 Å². The second-order valence-electron chi connectivity index (χ2n) is 9.65. The SMILES string of the molecule is CCCCCCCCOc1cnc(-c2ccc(-c3ccc(C(=O)OCC(C)OCCCC)cc3)cc2)nc1. The normalized spacial score (nSPS) is 11.8. The van der Waals surface area contributed by atoms with Crippen LogP contribution in [0, 0.1) is 0 Å². The van der Waals surface area contributed by atoms with Gasteiger partial charge >= 0.3 is 5.97 Å². The average molecular weight is 519 g/mol. The molecule has 6 heteroatoms. The van der Waals surface area contributed by atoms with Crippen molar-refractivity contribution in [2.45, 2.75) is 78.2 Å². The molecule has 0 amide bonds. The van der Waals surface area contributed by atoms with Gasteiger partial charge in [0.1, 0.15) is 6.61 Å². The molecule has 0 aliphatic carbocycles. The van der Waals surface area contributed by atoms with Gasteiger partial charge in [-0.15, -0.1) is 0 Å². The lowest BCUT2D eigenvalue weighted by Crippen LogP contribution is -2.19. The molecule has 0 spiro atoms. The van der Waals surface area contributed by atoms with E-state index in [2.05, 4.69) is 23.8 Å². The third-order valence-corrected chi connectivity index (χ3v) is 6.34. The van der Waals surface area contributed by atoms with Crippen LogP contribution in [-0.2, 0) is 9.47 Å². The zero-order valence-electron chi connectivity index (χ0n) is 23.2.